The summed E-state index contributed by atoms with van der Waals surface area (Å²) in [5.41, 5.74) is 4.92. The first-order chi connectivity index (χ1) is 3.25. The van der Waals surface area contributed by atoms with E-state index in [-0.39, 0.29) is 0 Å². The summed E-state index contributed by atoms with van der Waals surface area (Å²) in [7, 11) is -3.35. The summed E-state index contributed by atoms with van der Waals surface area (Å²) >= 11 is 0. The van der Waals surface area contributed by atoms with E-state index < -0.39 is 12.7 Å². The second kappa shape index (κ2) is 1.83. The van der Waals surface area contributed by atoms with Crippen LogP contribution >= 0.6 is 7.52 Å². The lowest BCUT2D eigenvalue weighted by Crippen LogP contribution is -2.19. The topological polar surface area (TPSA) is 63.3 Å². The minimum absolute atomic E-state index is 0.674. The van der Waals surface area contributed by atoms with Gasteiger partial charge in [-0.05, 0) is 20.8 Å². The minimum Gasteiger partial charge on any atom is -0.333 e. The lowest BCUT2D eigenvalue weighted by molar-refractivity contribution is 0.446. The van der Waals surface area contributed by atoms with E-state index in [1.165, 1.54) is 0 Å². The summed E-state index contributed by atoms with van der Waals surface area (Å²) in [6.07, 6.45) is 0. The fraction of sp³-hybridized carbons (Fsp3) is 1.00. The molecule has 0 rings (SSSR count). The van der Waals surface area contributed by atoms with Gasteiger partial charge in [0.15, 0.2) is 0 Å². The summed E-state index contributed by atoms with van der Waals surface area (Å²) in [4.78, 5) is 8.69. The van der Waals surface area contributed by atoms with E-state index in [2.05, 4.69) is 0 Å². The highest BCUT2D eigenvalue weighted by Crippen LogP contribution is 2.45. The first-order valence-corrected chi connectivity index (χ1v) is 4.09. The number of nitrogens with two attached hydrogens (primary N) is 1. The minimum atomic E-state index is -3.35. The summed E-state index contributed by atoms with van der Waals surface area (Å²) in [5, 5.41) is -0.674. The Morgan fingerprint density at radius 2 is 1.62 bits per heavy atom. The van der Waals surface area contributed by atoms with Crippen LogP contribution < -0.4 is 5.50 Å². The molecule has 0 aromatic carbocycles. The molecule has 4 heteroatoms. The zero-order chi connectivity index (χ0) is 7.00. The monoisotopic (exact) mass is 137 g/mol. The molecule has 0 bridgehead atoms. The van der Waals surface area contributed by atoms with Crippen molar-refractivity contribution in [2.45, 2.75) is 25.9 Å². The van der Waals surface area contributed by atoms with Crippen LogP contribution in [0.25, 0.3) is 0 Å². The highest BCUT2D eigenvalue weighted by molar-refractivity contribution is 7.57. The molecule has 1 atom stereocenters. The van der Waals surface area contributed by atoms with Gasteiger partial charge in [0.05, 0.1) is 5.16 Å². The van der Waals surface area contributed by atoms with Crippen molar-refractivity contribution in [2.75, 3.05) is 0 Å². The fourth-order valence-corrected chi connectivity index (χ4v) is 0. The lowest BCUT2D eigenvalue weighted by atomic mass is 10.3. The Labute approximate surface area is 49.4 Å². The molecule has 0 heterocycles. The number of hydrogen-bond donors (Lipinski definition) is 2. The van der Waals surface area contributed by atoms with Crippen molar-refractivity contribution < 1.29 is 9.46 Å². The van der Waals surface area contributed by atoms with Crippen molar-refractivity contribution in [1.29, 1.82) is 0 Å². The average Bonchev–Trinajstić information content (AvgIpc) is 1.25. The Balaban J connectivity index is 4.26. The Hall–Kier alpha value is 0.150. The van der Waals surface area contributed by atoms with Gasteiger partial charge in [-0.2, -0.15) is 0 Å². The van der Waals surface area contributed by atoms with Crippen LogP contribution in [-0.4, -0.2) is 10.0 Å². The summed E-state index contributed by atoms with van der Waals surface area (Å²) in [5.74, 6) is 0. The van der Waals surface area contributed by atoms with Crippen molar-refractivity contribution in [3.63, 3.8) is 0 Å². The zero-order valence-corrected chi connectivity index (χ0v) is 6.27. The highest BCUT2D eigenvalue weighted by atomic mass is 31.2. The Kier molecular flexibility index (Phi) is 1.87. The van der Waals surface area contributed by atoms with Gasteiger partial charge in [0, 0.05) is 0 Å². The third-order valence-corrected chi connectivity index (χ3v) is 2.88. The van der Waals surface area contributed by atoms with Gasteiger partial charge in [-0.3, -0.25) is 10.1 Å². The Bertz CT molecular complexity index is 120. The van der Waals surface area contributed by atoms with Crippen molar-refractivity contribution in [3.8, 4) is 0 Å². The molecule has 0 aromatic rings. The second-order valence-corrected chi connectivity index (χ2v) is 5.38. The Morgan fingerprint density at radius 1 is 1.50 bits per heavy atom. The van der Waals surface area contributed by atoms with Crippen LogP contribution in [0.3, 0.4) is 0 Å². The van der Waals surface area contributed by atoms with E-state index in [1.54, 1.807) is 20.8 Å². The molecule has 1 unspecified atom stereocenters. The van der Waals surface area contributed by atoms with E-state index in [4.69, 9.17) is 10.4 Å². The molecule has 0 amide bonds. The molecule has 3 nitrogen and oxygen atoms in total. The quantitative estimate of drug-likeness (QED) is 0.488. The largest absolute Gasteiger partial charge is 0.333 e. The van der Waals surface area contributed by atoms with Crippen LogP contribution in [-0.2, 0) is 4.57 Å². The molecule has 0 aliphatic heterocycles. The summed E-state index contributed by atoms with van der Waals surface area (Å²) in [6.45, 7) is 4.90. The molecule has 0 aliphatic carbocycles. The van der Waals surface area contributed by atoms with Crippen LogP contribution in [0.4, 0.5) is 0 Å². The normalized spacial score (nSPS) is 20.1. The van der Waals surface area contributed by atoms with Gasteiger partial charge in [0.25, 0.3) is 7.52 Å². The molecule has 0 fully saturated rings. The number of rotatable bonds is 0. The maximum atomic E-state index is 10.6. The molecule has 0 aliphatic rings. The Morgan fingerprint density at radius 3 is 1.62 bits per heavy atom. The lowest BCUT2D eigenvalue weighted by Gasteiger charge is -2.20. The standard InChI is InChI=1S/C4H12NO2P/c1-4(2,3)8(5,6)7/h1-3H3,(H3,5,6,7). The van der Waals surface area contributed by atoms with Gasteiger partial charge in [-0.1, -0.05) is 0 Å². The first-order valence-electron chi connectivity index (χ1n) is 2.36. The van der Waals surface area contributed by atoms with Crippen molar-refractivity contribution in [1.82, 2.24) is 0 Å². The molecule has 50 valence electrons. The molecule has 0 saturated heterocycles. The summed E-state index contributed by atoms with van der Waals surface area (Å²) < 4.78 is 10.6. The molecular formula is C4H12NO2P. The molecule has 0 saturated carbocycles. The fourth-order valence-electron chi connectivity index (χ4n) is 0. The first kappa shape index (κ1) is 8.15. The van der Waals surface area contributed by atoms with Crippen LogP contribution in [0.2, 0.25) is 0 Å². The van der Waals surface area contributed by atoms with Crippen LogP contribution in [0.5, 0.6) is 0 Å². The van der Waals surface area contributed by atoms with Gasteiger partial charge in [0.2, 0.25) is 0 Å². The molecule has 8 heavy (non-hydrogen) atoms. The van der Waals surface area contributed by atoms with Gasteiger partial charge >= 0.3 is 0 Å². The average molecular weight is 137 g/mol. The molecule has 0 radical (unpaired) electrons. The van der Waals surface area contributed by atoms with Crippen molar-refractivity contribution >= 4 is 7.52 Å². The number of hydrogen-bond acceptors (Lipinski definition) is 1. The van der Waals surface area contributed by atoms with Crippen LogP contribution in [0.1, 0.15) is 20.8 Å². The maximum Gasteiger partial charge on any atom is 0.269 e. The van der Waals surface area contributed by atoms with Gasteiger partial charge in [-0.15, -0.1) is 0 Å². The zero-order valence-electron chi connectivity index (χ0n) is 5.38. The van der Waals surface area contributed by atoms with Crippen LogP contribution in [0.15, 0.2) is 0 Å². The third-order valence-electron chi connectivity index (χ3n) is 0.961. The van der Waals surface area contributed by atoms with Gasteiger partial charge in [-0.25, -0.2) is 0 Å². The van der Waals surface area contributed by atoms with E-state index in [1.807, 2.05) is 0 Å². The second-order valence-electron chi connectivity index (χ2n) is 2.79. The predicted molar refractivity (Wildman–Crippen MR) is 33.8 cm³/mol. The SMILES string of the molecule is CC(C)(C)P(N)(=O)O. The van der Waals surface area contributed by atoms with E-state index in [0.717, 1.165) is 0 Å². The van der Waals surface area contributed by atoms with Gasteiger partial charge in [0.1, 0.15) is 0 Å². The van der Waals surface area contributed by atoms with E-state index >= 15 is 0 Å². The predicted octanol–water partition coefficient (Wildman–Crippen LogP) is 0.929. The van der Waals surface area contributed by atoms with Crippen LogP contribution in [0, 0.1) is 0 Å². The van der Waals surface area contributed by atoms with E-state index in [9.17, 15) is 4.57 Å². The van der Waals surface area contributed by atoms with Crippen molar-refractivity contribution in [2.24, 2.45) is 5.50 Å². The smallest absolute Gasteiger partial charge is 0.269 e. The summed E-state index contributed by atoms with van der Waals surface area (Å²) in [6, 6.07) is 0. The van der Waals surface area contributed by atoms with E-state index in [0.29, 0.717) is 0 Å². The molecular weight excluding hydrogens is 125 g/mol. The van der Waals surface area contributed by atoms with Gasteiger partial charge < -0.3 is 4.89 Å². The molecule has 3 N–H and O–H groups in total. The van der Waals surface area contributed by atoms with Crippen molar-refractivity contribution in [3.05, 3.63) is 0 Å². The third kappa shape index (κ3) is 1.95. The maximum absolute atomic E-state index is 10.6. The highest BCUT2D eigenvalue weighted by Gasteiger charge is 2.29. The molecule has 0 spiro atoms. The molecule has 0 aromatic heterocycles.